The molecule has 3 aromatic carbocycles. The van der Waals surface area contributed by atoms with Gasteiger partial charge in [-0.05, 0) is 47.5 Å². The van der Waals surface area contributed by atoms with Gasteiger partial charge in [0.05, 0.1) is 29.8 Å². The number of ketones is 1. The van der Waals surface area contributed by atoms with Crippen LogP contribution in [0.15, 0.2) is 77.9 Å². The van der Waals surface area contributed by atoms with Crippen molar-refractivity contribution in [1.29, 1.82) is 0 Å². The molecule has 0 bridgehead atoms. The largest absolute Gasteiger partial charge is 0.292 e. The molecule has 0 aliphatic carbocycles. The molecular weight excluding hydrogens is 457 g/mol. The molecule has 0 spiro atoms. The predicted octanol–water partition coefficient (Wildman–Crippen LogP) is 4.24. The number of para-hydroxylation sites is 1. The fraction of sp³-hybridized carbons (Fsp3) is 0.154. The first kappa shape index (κ1) is 20.7. The number of hydrazone groups is 1. The van der Waals surface area contributed by atoms with Gasteiger partial charge in [0, 0.05) is 10.6 Å². The van der Waals surface area contributed by atoms with Crippen LogP contribution < -0.4 is 4.90 Å². The number of fused-ring (bicyclic) bond motifs is 5. The minimum absolute atomic E-state index is 0.108. The van der Waals surface area contributed by atoms with E-state index in [2.05, 4.69) is 5.10 Å². The third-order valence-electron chi connectivity index (χ3n) is 6.78. The smallest absolute Gasteiger partial charge is 0.240 e. The Balaban J connectivity index is 1.51. The predicted molar refractivity (Wildman–Crippen MR) is 124 cm³/mol. The van der Waals surface area contributed by atoms with Crippen molar-refractivity contribution in [2.24, 2.45) is 16.9 Å². The number of benzene rings is 3. The number of Topliss-reactive ketones (excluding diaryl/α,β-unsaturated/α-hetero) is 1. The highest BCUT2D eigenvalue weighted by Crippen LogP contribution is 2.53. The molecule has 0 saturated carbocycles. The lowest BCUT2D eigenvalue weighted by Gasteiger charge is -2.33. The van der Waals surface area contributed by atoms with Crippen LogP contribution in [0.1, 0.15) is 27.5 Å². The van der Waals surface area contributed by atoms with Crippen molar-refractivity contribution in [2.45, 2.75) is 12.1 Å². The van der Waals surface area contributed by atoms with Gasteiger partial charge in [-0.15, -0.1) is 0 Å². The van der Waals surface area contributed by atoms with Gasteiger partial charge < -0.3 is 0 Å². The summed E-state index contributed by atoms with van der Waals surface area (Å²) in [7, 11) is 0. The van der Waals surface area contributed by atoms with Crippen LogP contribution in [0, 0.1) is 17.7 Å². The second-order valence-electron chi connectivity index (χ2n) is 8.53. The van der Waals surface area contributed by atoms with Crippen molar-refractivity contribution in [3.8, 4) is 0 Å². The maximum atomic E-state index is 14.6. The Morgan fingerprint density at radius 1 is 0.882 bits per heavy atom. The van der Waals surface area contributed by atoms with Crippen LogP contribution in [0.2, 0.25) is 5.02 Å². The lowest BCUT2D eigenvalue weighted by Crippen LogP contribution is -2.44. The highest BCUT2D eigenvalue weighted by atomic mass is 35.5. The van der Waals surface area contributed by atoms with E-state index in [1.54, 1.807) is 41.6 Å². The number of imide groups is 1. The Hall–Kier alpha value is -3.84. The summed E-state index contributed by atoms with van der Waals surface area (Å²) in [6, 6.07) is 17.8. The topological polar surface area (TPSA) is 70.0 Å². The molecule has 34 heavy (non-hydrogen) atoms. The number of anilines is 1. The van der Waals surface area contributed by atoms with Crippen LogP contribution in [0.5, 0.6) is 0 Å². The summed E-state index contributed by atoms with van der Waals surface area (Å²) in [5, 5.41) is 6.56. The van der Waals surface area contributed by atoms with E-state index in [0.717, 1.165) is 16.0 Å². The maximum absolute atomic E-state index is 14.6. The van der Waals surface area contributed by atoms with Crippen LogP contribution in [0.4, 0.5) is 10.1 Å². The minimum atomic E-state index is -1.02. The summed E-state index contributed by atoms with van der Waals surface area (Å²) in [5.74, 6) is -4.05. The number of hydrogen-bond donors (Lipinski definition) is 0. The van der Waals surface area contributed by atoms with Crippen molar-refractivity contribution in [2.75, 3.05) is 4.90 Å². The summed E-state index contributed by atoms with van der Waals surface area (Å²) in [4.78, 5) is 42.0. The molecule has 0 unspecified atom stereocenters. The monoisotopic (exact) mass is 473 g/mol. The van der Waals surface area contributed by atoms with Gasteiger partial charge in [0.15, 0.2) is 5.78 Å². The van der Waals surface area contributed by atoms with Crippen molar-refractivity contribution in [3.63, 3.8) is 0 Å². The molecule has 0 radical (unpaired) electrons. The van der Waals surface area contributed by atoms with E-state index in [1.807, 2.05) is 24.3 Å². The molecule has 8 heteroatoms. The van der Waals surface area contributed by atoms with E-state index in [-0.39, 0.29) is 11.5 Å². The van der Waals surface area contributed by atoms with Crippen LogP contribution in [0.25, 0.3) is 0 Å². The molecule has 4 atom stereocenters. The maximum Gasteiger partial charge on any atom is 0.240 e. The third kappa shape index (κ3) is 2.86. The number of carbonyl (C=O) groups excluding carboxylic acids is 3. The average molecular weight is 474 g/mol. The molecule has 3 aliphatic rings. The summed E-state index contributed by atoms with van der Waals surface area (Å²) >= 11 is 5.99. The van der Waals surface area contributed by atoms with Crippen molar-refractivity contribution >= 4 is 41.1 Å². The molecular formula is C26H17ClFN3O3. The van der Waals surface area contributed by atoms with E-state index >= 15 is 0 Å². The van der Waals surface area contributed by atoms with Gasteiger partial charge >= 0.3 is 0 Å². The first-order valence-corrected chi connectivity index (χ1v) is 11.2. The quantitative estimate of drug-likeness (QED) is 0.421. The molecule has 2 fully saturated rings. The summed E-state index contributed by atoms with van der Waals surface area (Å²) in [5.41, 5.74) is 1.86. The van der Waals surface area contributed by atoms with Gasteiger partial charge in [0.1, 0.15) is 11.9 Å². The lowest BCUT2D eigenvalue weighted by molar-refractivity contribution is -0.124. The number of halogens is 2. The van der Waals surface area contributed by atoms with Crippen LogP contribution >= 0.6 is 11.6 Å². The molecule has 3 heterocycles. The standard InChI is InChI=1S/C26H17ClFN3O3/c27-16-11-9-14(10-12-16)24(32)23-21-20(22-17-6-2-1-5-15(17)13-29-31(22)23)25(33)30(26(21)34)19-8-4-3-7-18(19)28/h1-13,20-23H/t20-,21-,22+,23+/m1/s1. The molecule has 0 aromatic heterocycles. The van der Waals surface area contributed by atoms with E-state index in [1.165, 1.54) is 18.2 Å². The Bertz CT molecular complexity index is 1390. The molecule has 6 nitrogen and oxygen atoms in total. The molecule has 2 saturated heterocycles. The van der Waals surface area contributed by atoms with Crippen LogP contribution in [-0.4, -0.2) is 34.9 Å². The van der Waals surface area contributed by atoms with Gasteiger partial charge in [0.2, 0.25) is 11.8 Å². The van der Waals surface area contributed by atoms with E-state index < -0.39 is 41.6 Å². The number of rotatable bonds is 3. The number of amides is 2. The SMILES string of the molecule is O=C(c1ccc(Cl)cc1)[C@@H]1[C@@H]2C(=O)N(c3ccccc3F)C(=O)[C@H]2[C@@H]2c3ccccc3C=NN12. The molecule has 2 amide bonds. The zero-order valence-electron chi connectivity index (χ0n) is 17.6. The fourth-order valence-corrected chi connectivity index (χ4v) is 5.45. The Morgan fingerprint density at radius 2 is 1.56 bits per heavy atom. The number of nitrogens with zero attached hydrogens (tertiary/aromatic N) is 3. The Kier molecular flexibility index (Phi) is 4.64. The van der Waals surface area contributed by atoms with E-state index in [4.69, 9.17) is 11.6 Å². The van der Waals surface area contributed by atoms with Gasteiger partial charge in [-0.3, -0.25) is 19.4 Å². The molecule has 168 valence electrons. The normalized spacial score (nSPS) is 24.8. The van der Waals surface area contributed by atoms with Gasteiger partial charge in [0.25, 0.3) is 0 Å². The fourth-order valence-electron chi connectivity index (χ4n) is 5.32. The van der Waals surface area contributed by atoms with Gasteiger partial charge in [-0.2, -0.15) is 5.10 Å². The Morgan fingerprint density at radius 3 is 2.32 bits per heavy atom. The third-order valence-corrected chi connectivity index (χ3v) is 7.04. The first-order chi connectivity index (χ1) is 16.5. The summed E-state index contributed by atoms with van der Waals surface area (Å²) in [6.45, 7) is 0. The summed E-state index contributed by atoms with van der Waals surface area (Å²) < 4.78 is 14.6. The Labute approximate surface area is 199 Å². The molecule has 0 N–H and O–H groups in total. The molecule has 3 aromatic rings. The van der Waals surface area contributed by atoms with Crippen LogP contribution in [-0.2, 0) is 9.59 Å². The van der Waals surface area contributed by atoms with Crippen molar-refractivity contribution in [1.82, 2.24) is 5.01 Å². The highest BCUT2D eigenvalue weighted by molar-refractivity contribution is 6.30. The number of hydrogen-bond acceptors (Lipinski definition) is 5. The second-order valence-corrected chi connectivity index (χ2v) is 8.97. The van der Waals surface area contributed by atoms with Crippen molar-refractivity contribution < 1.29 is 18.8 Å². The number of carbonyl (C=O) groups is 3. The zero-order valence-corrected chi connectivity index (χ0v) is 18.4. The van der Waals surface area contributed by atoms with E-state index in [0.29, 0.717) is 10.6 Å². The summed E-state index contributed by atoms with van der Waals surface area (Å²) in [6.07, 6.45) is 1.64. The van der Waals surface area contributed by atoms with E-state index in [9.17, 15) is 18.8 Å². The highest BCUT2D eigenvalue weighted by Gasteiger charge is 2.65. The van der Waals surface area contributed by atoms with Gasteiger partial charge in [-0.25, -0.2) is 9.29 Å². The molecule has 3 aliphatic heterocycles. The lowest BCUT2D eigenvalue weighted by atomic mass is 9.83. The van der Waals surface area contributed by atoms with Crippen LogP contribution in [0.3, 0.4) is 0 Å². The van der Waals surface area contributed by atoms with Gasteiger partial charge in [-0.1, -0.05) is 48.0 Å². The molecule has 6 rings (SSSR count). The first-order valence-electron chi connectivity index (χ1n) is 10.8. The van der Waals surface area contributed by atoms with Crippen molar-refractivity contribution in [3.05, 3.63) is 100 Å². The zero-order chi connectivity index (χ0) is 23.6. The average Bonchev–Trinajstić information content (AvgIpc) is 3.32. The minimum Gasteiger partial charge on any atom is -0.292 e. The second kappa shape index (κ2) is 7.60.